The first-order chi connectivity index (χ1) is 27.5. The van der Waals surface area contributed by atoms with Crippen LogP contribution in [0.3, 0.4) is 0 Å². The van der Waals surface area contributed by atoms with Gasteiger partial charge in [0.2, 0.25) is 0 Å². The van der Waals surface area contributed by atoms with E-state index in [4.69, 9.17) is 15.0 Å². The highest BCUT2D eigenvalue weighted by molar-refractivity contribution is 6.21. The monoisotopic (exact) mass is 721 g/mol. The van der Waals surface area contributed by atoms with Crippen LogP contribution in [0.2, 0.25) is 0 Å². The lowest BCUT2D eigenvalue weighted by Gasteiger charge is -2.18. The fraction of sp³-hybridized carbons (Fsp3) is 0.0400. The third-order valence-corrected chi connectivity index (χ3v) is 10.8. The van der Waals surface area contributed by atoms with Crippen LogP contribution >= 0.6 is 0 Å². The molecule has 0 atom stereocenters. The Morgan fingerprint density at radius 2 is 0.750 bits per heavy atom. The van der Waals surface area contributed by atoms with Crippen molar-refractivity contribution in [2.24, 2.45) is 14.1 Å². The number of imidazole rings is 1. The number of benzene rings is 8. The molecule has 8 aromatic carbocycles. The molecule has 266 valence electrons. The third kappa shape index (κ3) is 5.58. The molecule has 56 heavy (non-hydrogen) atoms. The van der Waals surface area contributed by atoms with Crippen molar-refractivity contribution in [3.05, 3.63) is 186 Å². The highest BCUT2D eigenvalue weighted by Crippen LogP contribution is 2.44. The second-order valence-electron chi connectivity index (χ2n) is 14.1. The number of nitrogens with zero attached hydrogens (tertiary/aromatic N) is 5. The van der Waals surface area contributed by atoms with Crippen LogP contribution in [0.4, 0.5) is 0 Å². The molecule has 10 aromatic rings. The fourth-order valence-corrected chi connectivity index (χ4v) is 8.02. The van der Waals surface area contributed by atoms with Gasteiger partial charge in [-0.15, -0.1) is 0 Å². The minimum absolute atomic E-state index is 0.0411. The number of aromatic nitrogens is 5. The van der Waals surface area contributed by atoms with Gasteiger partial charge in [0.15, 0.2) is 17.5 Å². The summed E-state index contributed by atoms with van der Waals surface area (Å²) in [7, 11) is 3.61. The molecular weight excluding hydrogens is 687 g/mol. The molecule has 0 saturated heterocycles. The average Bonchev–Trinajstić information content (AvgIpc) is 3.48. The summed E-state index contributed by atoms with van der Waals surface area (Å²) in [6.45, 7) is 0. The molecule has 0 radical (unpaired) electrons. The molecule has 0 N–H and O–H groups in total. The molecule has 0 aliphatic heterocycles. The summed E-state index contributed by atoms with van der Waals surface area (Å²) in [5.74, 6) is 1.80. The molecular formula is C50H35N5O. The Labute approximate surface area is 323 Å². The number of hydrogen-bond acceptors (Lipinski definition) is 4. The second kappa shape index (κ2) is 13.4. The molecule has 6 heteroatoms. The topological polar surface area (TPSA) is 65.6 Å². The van der Waals surface area contributed by atoms with E-state index in [0.717, 1.165) is 44.4 Å². The molecule has 0 bridgehead atoms. The molecule has 2 heterocycles. The first-order valence-corrected chi connectivity index (χ1v) is 18.7. The molecule has 10 rings (SSSR count). The van der Waals surface area contributed by atoms with Crippen molar-refractivity contribution >= 4 is 32.6 Å². The molecule has 2 aromatic heterocycles. The van der Waals surface area contributed by atoms with E-state index >= 15 is 0 Å². The van der Waals surface area contributed by atoms with E-state index < -0.39 is 0 Å². The van der Waals surface area contributed by atoms with Crippen LogP contribution in [-0.4, -0.2) is 24.1 Å². The highest BCUT2D eigenvalue weighted by atomic mass is 16.1. The van der Waals surface area contributed by atoms with E-state index in [1.165, 1.54) is 38.2 Å². The minimum Gasteiger partial charge on any atom is -0.295 e. The standard InChI is InChI=1S/C50H35N5O/c1-54-43-29-28-36(31-44(43)55(2)50(54)56)32-24-26-35(27-25-32)48-51-47(34-16-7-4-8-17-34)52-49(53-48)38-19-13-18-37(30-38)46-41-22-11-9-20-39(41)45(33-14-5-3-6-15-33)40-21-10-12-23-42(40)46/h3-31H,1-2H3. The Kier molecular flexibility index (Phi) is 7.96. The number of rotatable bonds is 6. The minimum atomic E-state index is -0.0411. The van der Waals surface area contributed by atoms with Gasteiger partial charge < -0.3 is 0 Å². The van der Waals surface area contributed by atoms with Gasteiger partial charge in [0.1, 0.15) is 0 Å². The summed E-state index contributed by atoms with van der Waals surface area (Å²) >= 11 is 0. The lowest BCUT2D eigenvalue weighted by atomic mass is 9.86. The number of fused-ring (bicyclic) bond motifs is 3. The quantitative estimate of drug-likeness (QED) is 0.160. The van der Waals surface area contributed by atoms with Crippen LogP contribution in [0.25, 0.3) is 100 Å². The van der Waals surface area contributed by atoms with E-state index in [2.05, 4.69) is 140 Å². The summed E-state index contributed by atoms with van der Waals surface area (Å²) in [5, 5.41) is 4.81. The summed E-state index contributed by atoms with van der Waals surface area (Å²) in [5.41, 5.74) is 11.2. The van der Waals surface area contributed by atoms with Crippen molar-refractivity contribution in [1.82, 2.24) is 24.1 Å². The van der Waals surface area contributed by atoms with Gasteiger partial charge in [-0.1, -0.05) is 158 Å². The van der Waals surface area contributed by atoms with E-state index in [9.17, 15) is 4.79 Å². The Morgan fingerprint density at radius 1 is 0.339 bits per heavy atom. The zero-order valence-electron chi connectivity index (χ0n) is 30.9. The van der Waals surface area contributed by atoms with E-state index in [0.29, 0.717) is 17.5 Å². The summed E-state index contributed by atoms with van der Waals surface area (Å²) in [6, 6.07) is 61.1. The maximum absolute atomic E-state index is 12.6. The maximum Gasteiger partial charge on any atom is 0.328 e. The smallest absolute Gasteiger partial charge is 0.295 e. The van der Waals surface area contributed by atoms with Crippen LogP contribution in [0.15, 0.2) is 181 Å². The van der Waals surface area contributed by atoms with Crippen LogP contribution in [0.1, 0.15) is 0 Å². The lowest BCUT2D eigenvalue weighted by molar-refractivity contribution is 0.795. The summed E-state index contributed by atoms with van der Waals surface area (Å²) < 4.78 is 3.36. The molecule has 0 aliphatic carbocycles. The van der Waals surface area contributed by atoms with Crippen molar-refractivity contribution in [2.45, 2.75) is 0 Å². The molecule has 0 amide bonds. The zero-order chi connectivity index (χ0) is 37.8. The van der Waals surface area contributed by atoms with Crippen molar-refractivity contribution < 1.29 is 0 Å². The average molecular weight is 722 g/mol. The predicted molar refractivity (Wildman–Crippen MR) is 229 cm³/mol. The lowest BCUT2D eigenvalue weighted by Crippen LogP contribution is -2.19. The predicted octanol–water partition coefficient (Wildman–Crippen LogP) is 11.4. The Balaban J connectivity index is 1.11. The summed E-state index contributed by atoms with van der Waals surface area (Å²) in [4.78, 5) is 27.8. The van der Waals surface area contributed by atoms with Gasteiger partial charge in [-0.2, -0.15) is 0 Å². The SMILES string of the molecule is Cn1c(=O)n(C)c2cc(-c3ccc(-c4nc(-c5ccccc5)nc(-c5cccc(-c6c7ccccc7c(-c7ccccc7)c7ccccc67)c5)n4)cc3)ccc21. The van der Waals surface area contributed by atoms with Crippen molar-refractivity contribution in [3.8, 4) is 67.5 Å². The van der Waals surface area contributed by atoms with Gasteiger partial charge in [0.05, 0.1) is 11.0 Å². The zero-order valence-corrected chi connectivity index (χ0v) is 30.9. The van der Waals surface area contributed by atoms with Gasteiger partial charge >= 0.3 is 5.69 Å². The normalized spacial score (nSPS) is 11.5. The van der Waals surface area contributed by atoms with E-state index in [-0.39, 0.29) is 5.69 Å². The molecule has 0 fully saturated rings. The van der Waals surface area contributed by atoms with E-state index in [1.54, 1.807) is 16.2 Å². The van der Waals surface area contributed by atoms with Crippen LogP contribution < -0.4 is 5.69 Å². The van der Waals surface area contributed by atoms with Crippen molar-refractivity contribution in [3.63, 3.8) is 0 Å². The fourth-order valence-electron chi connectivity index (χ4n) is 8.02. The maximum atomic E-state index is 12.6. The second-order valence-corrected chi connectivity index (χ2v) is 14.1. The first-order valence-electron chi connectivity index (χ1n) is 18.7. The Hall–Kier alpha value is -7.44. The molecule has 0 unspecified atom stereocenters. The number of aryl methyl sites for hydroxylation is 2. The van der Waals surface area contributed by atoms with Crippen LogP contribution in [0.5, 0.6) is 0 Å². The van der Waals surface area contributed by atoms with Gasteiger partial charge in [-0.05, 0) is 73.1 Å². The summed E-state index contributed by atoms with van der Waals surface area (Å²) in [6.07, 6.45) is 0. The first kappa shape index (κ1) is 33.2. The molecule has 0 saturated carbocycles. The van der Waals surface area contributed by atoms with Gasteiger partial charge in [-0.3, -0.25) is 9.13 Å². The molecule has 0 spiro atoms. The number of hydrogen-bond donors (Lipinski definition) is 0. The largest absolute Gasteiger partial charge is 0.328 e. The van der Waals surface area contributed by atoms with Gasteiger partial charge in [-0.25, -0.2) is 19.7 Å². The van der Waals surface area contributed by atoms with E-state index in [1.807, 2.05) is 43.4 Å². The van der Waals surface area contributed by atoms with Gasteiger partial charge in [0, 0.05) is 30.8 Å². The molecule has 0 aliphatic rings. The highest BCUT2D eigenvalue weighted by Gasteiger charge is 2.18. The van der Waals surface area contributed by atoms with Crippen molar-refractivity contribution in [2.75, 3.05) is 0 Å². The third-order valence-electron chi connectivity index (χ3n) is 10.8. The van der Waals surface area contributed by atoms with Crippen molar-refractivity contribution in [1.29, 1.82) is 0 Å². The molecule has 6 nitrogen and oxygen atoms in total. The Bertz CT molecular complexity index is 3110. The van der Waals surface area contributed by atoms with Crippen LogP contribution in [0, 0.1) is 0 Å². The van der Waals surface area contributed by atoms with Gasteiger partial charge in [0.25, 0.3) is 0 Å². The van der Waals surface area contributed by atoms with Crippen LogP contribution in [-0.2, 0) is 14.1 Å². The Morgan fingerprint density at radius 3 is 1.34 bits per heavy atom.